The summed E-state index contributed by atoms with van der Waals surface area (Å²) in [6.07, 6.45) is 3.36. The molecule has 0 radical (unpaired) electrons. The predicted molar refractivity (Wildman–Crippen MR) is 109 cm³/mol. The molecule has 30 heavy (non-hydrogen) atoms. The Balaban J connectivity index is 2.04. The summed E-state index contributed by atoms with van der Waals surface area (Å²) in [6.45, 7) is 3.20. The van der Waals surface area contributed by atoms with Crippen LogP contribution in [0.5, 0.6) is 0 Å². The Bertz CT molecular complexity index is 1060. The molecule has 1 aliphatic carbocycles. The van der Waals surface area contributed by atoms with Gasteiger partial charge in [0.15, 0.2) is 0 Å². The monoisotopic (exact) mass is 433 g/mol. The molecular formula is C19H19N3O7S. The van der Waals surface area contributed by atoms with Gasteiger partial charge in [-0.2, -0.15) is 0 Å². The fourth-order valence-electron chi connectivity index (χ4n) is 3.46. The lowest BCUT2D eigenvalue weighted by molar-refractivity contribution is -0.394. The number of nitrogens with zero attached hydrogens (tertiary/aromatic N) is 2. The Morgan fingerprint density at radius 1 is 1.17 bits per heavy atom. The molecule has 0 aliphatic heterocycles. The maximum Gasteiger partial charge on any atom is 0.341 e. The number of aryl methyl sites for hydroxylation is 1. The number of thiophene rings is 1. The van der Waals surface area contributed by atoms with E-state index < -0.39 is 33.1 Å². The lowest BCUT2D eigenvalue weighted by atomic mass is 9.95. The van der Waals surface area contributed by atoms with Crippen LogP contribution in [0.1, 0.15) is 56.5 Å². The molecule has 3 rings (SSSR count). The number of fused-ring (bicyclic) bond motifs is 1. The van der Waals surface area contributed by atoms with Gasteiger partial charge in [0.2, 0.25) is 0 Å². The van der Waals surface area contributed by atoms with E-state index in [4.69, 9.17) is 4.74 Å². The van der Waals surface area contributed by atoms with Crippen LogP contribution in [-0.2, 0) is 17.6 Å². The molecule has 0 spiro atoms. The molecule has 158 valence electrons. The molecule has 0 unspecified atom stereocenters. The zero-order valence-corrected chi connectivity index (χ0v) is 17.2. The Hall–Kier alpha value is -3.34. The third-order valence-electron chi connectivity index (χ3n) is 4.90. The summed E-state index contributed by atoms with van der Waals surface area (Å²) >= 11 is 1.27. The van der Waals surface area contributed by atoms with Gasteiger partial charge in [-0.25, -0.2) is 4.79 Å². The first kappa shape index (κ1) is 21.4. The van der Waals surface area contributed by atoms with Crippen molar-refractivity contribution in [1.29, 1.82) is 0 Å². The predicted octanol–water partition coefficient (Wildman–Crippen LogP) is 4.18. The number of hydrogen-bond acceptors (Lipinski definition) is 8. The second-order valence-corrected chi connectivity index (χ2v) is 7.85. The van der Waals surface area contributed by atoms with E-state index >= 15 is 0 Å². The molecule has 11 heteroatoms. The van der Waals surface area contributed by atoms with Crippen LogP contribution >= 0.6 is 11.3 Å². The number of nitro groups is 2. The molecule has 0 bridgehead atoms. The fraction of sp³-hybridized carbons (Fsp3) is 0.368. The molecule has 0 atom stereocenters. The number of carbonyl (C=O) groups excluding carboxylic acids is 2. The van der Waals surface area contributed by atoms with Crippen LogP contribution in [0.2, 0.25) is 0 Å². The van der Waals surface area contributed by atoms with Crippen molar-refractivity contribution in [2.75, 3.05) is 11.9 Å². The number of carbonyl (C=O) groups is 2. The SMILES string of the molecule is CCOC(=O)c1c(NC(=O)c2cc([N+](=O)[O-])cc([N+](=O)[O-])c2C)sc2c1CCCC2. The maximum atomic E-state index is 12.9. The first-order valence-electron chi connectivity index (χ1n) is 9.31. The highest BCUT2D eigenvalue weighted by Gasteiger charge is 2.29. The van der Waals surface area contributed by atoms with Crippen molar-refractivity contribution in [2.24, 2.45) is 0 Å². The van der Waals surface area contributed by atoms with Crippen LogP contribution in [0.3, 0.4) is 0 Å². The van der Waals surface area contributed by atoms with E-state index in [0.29, 0.717) is 17.0 Å². The van der Waals surface area contributed by atoms with Gasteiger partial charge in [-0.3, -0.25) is 25.0 Å². The van der Waals surface area contributed by atoms with Crippen molar-refractivity contribution in [3.8, 4) is 0 Å². The Kier molecular flexibility index (Phi) is 6.11. The van der Waals surface area contributed by atoms with Gasteiger partial charge < -0.3 is 10.1 Å². The topological polar surface area (TPSA) is 142 Å². The zero-order chi connectivity index (χ0) is 22.0. The van der Waals surface area contributed by atoms with Crippen LogP contribution in [0, 0.1) is 27.2 Å². The molecule has 10 nitrogen and oxygen atoms in total. The minimum absolute atomic E-state index is 0.00195. The Morgan fingerprint density at radius 2 is 1.87 bits per heavy atom. The molecule has 1 N–H and O–H groups in total. The molecule has 1 aliphatic rings. The highest BCUT2D eigenvalue weighted by molar-refractivity contribution is 7.17. The van der Waals surface area contributed by atoms with E-state index in [2.05, 4.69) is 5.32 Å². The summed E-state index contributed by atoms with van der Waals surface area (Å²) in [5, 5.41) is 25.4. The summed E-state index contributed by atoms with van der Waals surface area (Å²) in [5.74, 6) is -1.31. The smallest absolute Gasteiger partial charge is 0.341 e. The van der Waals surface area contributed by atoms with Gasteiger partial charge in [0.25, 0.3) is 17.3 Å². The van der Waals surface area contributed by atoms with Crippen molar-refractivity contribution in [3.63, 3.8) is 0 Å². The molecule has 0 saturated heterocycles. The van der Waals surface area contributed by atoms with Crippen molar-refractivity contribution in [2.45, 2.75) is 39.5 Å². The quantitative estimate of drug-likeness (QED) is 0.409. The molecule has 0 saturated carbocycles. The minimum atomic E-state index is -0.795. The average Bonchev–Trinajstić information content (AvgIpc) is 3.05. The molecule has 1 amide bonds. The van der Waals surface area contributed by atoms with Gasteiger partial charge in [0.1, 0.15) is 5.00 Å². The van der Waals surface area contributed by atoms with E-state index in [1.54, 1.807) is 6.92 Å². The van der Waals surface area contributed by atoms with E-state index in [1.165, 1.54) is 18.3 Å². The third kappa shape index (κ3) is 4.01. The van der Waals surface area contributed by atoms with Gasteiger partial charge in [-0.05, 0) is 45.1 Å². The van der Waals surface area contributed by atoms with Gasteiger partial charge >= 0.3 is 5.97 Å². The lowest BCUT2D eigenvalue weighted by Gasteiger charge is -2.12. The van der Waals surface area contributed by atoms with Gasteiger partial charge in [-0.15, -0.1) is 11.3 Å². The summed E-state index contributed by atoms with van der Waals surface area (Å²) in [5.41, 5.74) is -0.137. The first-order valence-corrected chi connectivity index (χ1v) is 10.1. The lowest BCUT2D eigenvalue weighted by Crippen LogP contribution is -2.17. The number of anilines is 1. The number of non-ortho nitro benzene ring substituents is 1. The Labute approximate surface area is 175 Å². The molecule has 1 heterocycles. The van der Waals surface area contributed by atoms with E-state index in [-0.39, 0.29) is 17.7 Å². The molecule has 2 aromatic rings. The van der Waals surface area contributed by atoms with Crippen LogP contribution in [0.25, 0.3) is 0 Å². The number of rotatable bonds is 6. The normalized spacial score (nSPS) is 12.7. The number of esters is 1. The number of amides is 1. The molecule has 1 aromatic carbocycles. The van der Waals surface area contributed by atoms with Gasteiger partial charge in [-0.1, -0.05) is 0 Å². The number of hydrogen-bond donors (Lipinski definition) is 1. The summed E-state index contributed by atoms with van der Waals surface area (Å²) in [7, 11) is 0. The minimum Gasteiger partial charge on any atom is -0.462 e. The summed E-state index contributed by atoms with van der Waals surface area (Å²) in [6, 6.07) is 1.81. The number of nitro benzene ring substituents is 2. The van der Waals surface area contributed by atoms with Crippen molar-refractivity contribution in [3.05, 3.63) is 59.5 Å². The maximum absolute atomic E-state index is 12.9. The molecular weight excluding hydrogens is 414 g/mol. The summed E-state index contributed by atoms with van der Waals surface area (Å²) < 4.78 is 5.14. The second kappa shape index (κ2) is 8.57. The van der Waals surface area contributed by atoms with E-state index in [9.17, 15) is 29.8 Å². The van der Waals surface area contributed by atoms with Crippen molar-refractivity contribution in [1.82, 2.24) is 0 Å². The molecule has 1 aromatic heterocycles. The largest absolute Gasteiger partial charge is 0.462 e. The molecule has 0 fully saturated rings. The van der Waals surface area contributed by atoms with Gasteiger partial charge in [0.05, 0.1) is 33.6 Å². The number of benzene rings is 1. The van der Waals surface area contributed by atoms with E-state index in [0.717, 1.165) is 41.8 Å². The average molecular weight is 433 g/mol. The highest BCUT2D eigenvalue weighted by Crippen LogP contribution is 2.39. The summed E-state index contributed by atoms with van der Waals surface area (Å²) in [4.78, 5) is 47.3. The fourth-order valence-corrected chi connectivity index (χ4v) is 4.73. The number of nitrogens with one attached hydrogen (secondary N) is 1. The van der Waals surface area contributed by atoms with Crippen molar-refractivity contribution >= 4 is 39.6 Å². The zero-order valence-electron chi connectivity index (χ0n) is 16.4. The van der Waals surface area contributed by atoms with Crippen LogP contribution < -0.4 is 5.32 Å². The third-order valence-corrected chi connectivity index (χ3v) is 6.10. The second-order valence-electron chi connectivity index (χ2n) is 6.74. The van der Waals surface area contributed by atoms with Crippen LogP contribution in [0.15, 0.2) is 12.1 Å². The van der Waals surface area contributed by atoms with Crippen molar-refractivity contribution < 1.29 is 24.2 Å². The highest BCUT2D eigenvalue weighted by atomic mass is 32.1. The van der Waals surface area contributed by atoms with Gasteiger partial charge in [0, 0.05) is 16.5 Å². The van der Waals surface area contributed by atoms with E-state index in [1.807, 2.05) is 0 Å². The first-order chi connectivity index (χ1) is 14.2. The van der Waals surface area contributed by atoms with Crippen LogP contribution in [0.4, 0.5) is 16.4 Å². The standard InChI is InChI=1S/C19H19N3O7S/c1-3-29-19(24)16-12-6-4-5-7-15(12)30-18(16)20-17(23)13-8-11(21(25)26)9-14(10(13)2)22(27)28/h8-9H,3-7H2,1-2H3,(H,20,23). The van der Waals surface area contributed by atoms with Crippen LogP contribution in [-0.4, -0.2) is 28.3 Å². The number of ether oxygens (including phenoxy) is 1. The Morgan fingerprint density at radius 3 is 2.50 bits per heavy atom.